The monoisotopic (exact) mass is 321 g/mol. The van der Waals surface area contributed by atoms with Gasteiger partial charge in [-0.2, -0.15) is 0 Å². The maximum atomic E-state index is 12.2. The predicted molar refractivity (Wildman–Crippen MR) is 89.0 cm³/mol. The van der Waals surface area contributed by atoms with Crippen molar-refractivity contribution < 1.29 is 9.53 Å². The lowest BCUT2D eigenvalue weighted by atomic mass is 9.52. The number of likely N-dealkylation sites (tertiary alicyclic amines) is 1. The van der Waals surface area contributed by atoms with E-state index in [1.807, 2.05) is 0 Å². The second-order valence-corrected chi connectivity index (χ2v) is 7.01. The SMILES string of the molecule is COc1cccc2c1[C@]13CCN(C)[C@H](C2)[C@@H]1CCC(=O)C3.Cl. The Labute approximate surface area is 138 Å². The zero-order valence-electron chi connectivity index (χ0n) is 13.3. The summed E-state index contributed by atoms with van der Waals surface area (Å²) in [5.41, 5.74) is 2.79. The van der Waals surface area contributed by atoms with Gasteiger partial charge >= 0.3 is 0 Å². The molecule has 1 aromatic rings. The molecule has 3 nitrogen and oxygen atoms in total. The molecular formula is C18H24ClNO2. The summed E-state index contributed by atoms with van der Waals surface area (Å²) in [6.07, 6.45) is 4.72. The van der Waals surface area contributed by atoms with Crippen molar-refractivity contribution in [1.82, 2.24) is 4.90 Å². The number of methoxy groups -OCH3 is 1. The summed E-state index contributed by atoms with van der Waals surface area (Å²) in [7, 11) is 4.00. The zero-order valence-corrected chi connectivity index (χ0v) is 14.1. The maximum Gasteiger partial charge on any atom is 0.133 e. The first-order valence-corrected chi connectivity index (χ1v) is 8.04. The molecule has 1 heterocycles. The van der Waals surface area contributed by atoms with Gasteiger partial charge in [-0.3, -0.25) is 4.79 Å². The Hall–Kier alpha value is -1.06. The fraction of sp³-hybridized carbons (Fsp3) is 0.611. The van der Waals surface area contributed by atoms with Gasteiger partial charge < -0.3 is 9.64 Å². The van der Waals surface area contributed by atoms with Crippen LogP contribution in [0.1, 0.15) is 36.8 Å². The van der Waals surface area contributed by atoms with Crippen LogP contribution in [0.15, 0.2) is 18.2 Å². The second-order valence-electron chi connectivity index (χ2n) is 7.01. The van der Waals surface area contributed by atoms with Crippen LogP contribution in [0.3, 0.4) is 0 Å². The molecule has 1 saturated heterocycles. The lowest BCUT2D eigenvalue weighted by Crippen LogP contribution is -2.61. The van der Waals surface area contributed by atoms with Crippen molar-refractivity contribution in [3.8, 4) is 5.75 Å². The topological polar surface area (TPSA) is 29.5 Å². The molecule has 1 aromatic carbocycles. The van der Waals surface area contributed by atoms with Crippen LogP contribution >= 0.6 is 12.4 Å². The number of ketones is 1. The number of piperidine rings is 1. The number of hydrogen-bond acceptors (Lipinski definition) is 3. The molecule has 2 aliphatic carbocycles. The van der Waals surface area contributed by atoms with Gasteiger partial charge in [-0.15, -0.1) is 12.4 Å². The van der Waals surface area contributed by atoms with Gasteiger partial charge in [-0.05, 0) is 50.4 Å². The molecule has 3 atom stereocenters. The Balaban J connectivity index is 0.00000144. The van der Waals surface area contributed by atoms with E-state index in [1.165, 1.54) is 11.1 Å². The highest BCUT2D eigenvalue weighted by atomic mass is 35.5. The standard InChI is InChI=1S/C18H23NO2.ClH/c1-19-9-8-18-11-13(20)6-7-14(18)15(19)10-12-4-3-5-16(21-2)17(12)18;/h3-5,14-15H,6-11H2,1-2H3;1H/t14-,15+,18-;/m0./s1. The average molecular weight is 322 g/mol. The van der Waals surface area contributed by atoms with E-state index < -0.39 is 0 Å². The molecule has 2 fully saturated rings. The van der Waals surface area contributed by atoms with Gasteiger partial charge in [0.25, 0.3) is 0 Å². The highest BCUT2D eigenvalue weighted by Gasteiger charge is 2.55. The molecule has 4 heteroatoms. The van der Waals surface area contributed by atoms with Gasteiger partial charge in [0, 0.05) is 29.9 Å². The Morgan fingerprint density at radius 2 is 2.18 bits per heavy atom. The molecule has 4 rings (SSSR count). The fourth-order valence-corrected chi connectivity index (χ4v) is 5.25. The minimum absolute atomic E-state index is 0. The molecule has 0 unspecified atom stereocenters. The van der Waals surface area contributed by atoms with Crippen LogP contribution in [0.4, 0.5) is 0 Å². The third-order valence-corrected chi connectivity index (χ3v) is 6.16. The predicted octanol–water partition coefficient (Wildman–Crippen LogP) is 2.98. The molecular weight excluding hydrogens is 298 g/mol. The van der Waals surface area contributed by atoms with Crippen molar-refractivity contribution in [2.45, 2.75) is 43.6 Å². The van der Waals surface area contributed by atoms with Crippen molar-refractivity contribution in [3.05, 3.63) is 29.3 Å². The number of hydrogen-bond donors (Lipinski definition) is 0. The van der Waals surface area contributed by atoms with Gasteiger partial charge in [0.1, 0.15) is 11.5 Å². The number of likely N-dealkylation sites (N-methyl/N-ethyl adjacent to an activating group) is 1. The van der Waals surface area contributed by atoms with Crippen molar-refractivity contribution in [2.24, 2.45) is 5.92 Å². The third-order valence-electron chi connectivity index (χ3n) is 6.16. The van der Waals surface area contributed by atoms with E-state index >= 15 is 0 Å². The highest BCUT2D eigenvalue weighted by molar-refractivity contribution is 5.85. The maximum absolute atomic E-state index is 12.2. The van der Waals surface area contributed by atoms with Crippen LogP contribution in [0, 0.1) is 5.92 Å². The minimum Gasteiger partial charge on any atom is -0.496 e. The average Bonchev–Trinajstić information content (AvgIpc) is 2.50. The molecule has 120 valence electrons. The second kappa shape index (κ2) is 5.54. The first-order chi connectivity index (χ1) is 10.2. The molecule has 0 amide bonds. The lowest BCUT2D eigenvalue weighted by Gasteiger charge is -2.58. The zero-order chi connectivity index (χ0) is 14.6. The molecule has 1 saturated carbocycles. The van der Waals surface area contributed by atoms with Crippen molar-refractivity contribution in [1.29, 1.82) is 0 Å². The number of fused-ring (bicyclic) bond motifs is 1. The van der Waals surface area contributed by atoms with Crippen molar-refractivity contribution in [2.75, 3.05) is 20.7 Å². The molecule has 0 radical (unpaired) electrons. The Kier molecular flexibility index (Phi) is 3.98. The normalized spacial score (nSPS) is 33.5. The number of carbonyl (C=O) groups excluding carboxylic acids is 1. The van der Waals surface area contributed by atoms with Gasteiger partial charge in [0.15, 0.2) is 0 Å². The fourth-order valence-electron chi connectivity index (χ4n) is 5.25. The summed E-state index contributed by atoms with van der Waals surface area (Å²) in [4.78, 5) is 14.8. The van der Waals surface area contributed by atoms with Crippen LogP contribution in [0.5, 0.6) is 5.75 Å². The van der Waals surface area contributed by atoms with Crippen molar-refractivity contribution >= 4 is 18.2 Å². The van der Waals surface area contributed by atoms with Gasteiger partial charge in [0.2, 0.25) is 0 Å². The Bertz CT molecular complexity index is 603. The molecule has 22 heavy (non-hydrogen) atoms. The number of carbonyl (C=O) groups is 1. The number of benzene rings is 1. The Morgan fingerprint density at radius 1 is 1.36 bits per heavy atom. The molecule has 1 aliphatic heterocycles. The molecule has 0 spiro atoms. The van der Waals surface area contributed by atoms with E-state index in [-0.39, 0.29) is 17.8 Å². The summed E-state index contributed by atoms with van der Waals surface area (Å²) < 4.78 is 5.68. The number of Topliss-reactive ketones (excluding diaryl/α,β-unsaturated/α-hetero) is 1. The summed E-state index contributed by atoms with van der Waals surface area (Å²) in [5.74, 6) is 2.04. The van der Waals surface area contributed by atoms with E-state index in [9.17, 15) is 4.79 Å². The van der Waals surface area contributed by atoms with Gasteiger partial charge in [-0.1, -0.05) is 12.1 Å². The van der Waals surface area contributed by atoms with Crippen molar-refractivity contribution in [3.63, 3.8) is 0 Å². The number of rotatable bonds is 1. The first-order valence-electron chi connectivity index (χ1n) is 8.04. The highest BCUT2D eigenvalue weighted by Crippen LogP contribution is 2.56. The molecule has 3 aliphatic rings. The van der Waals surface area contributed by atoms with E-state index in [4.69, 9.17) is 4.74 Å². The van der Waals surface area contributed by atoms with E-state index in [0.29, 0.717) is 17.7 Å². The molecule has 0 aromatic heterocycles. The van der Waals surface area contributed by atoms with E-state index in [2.05, 4.69) is 30.1 Å². The summed E-state index contributed by atoms with van der Waals surface area (Å²) >= 11 is 0. The molecule has 0 N–H and O–H groups in total. The van der Waals surface area contributed by atoms with E-state index in [1.54, 1.807) is 7.11 Å². The van der Waals surface area contributed by atoms with Crippen LogP contribution in [0.2, 0.25) is 0 Å². The van der Waals surface area contributed by atoms with Gasteiger partial charge in [-0.25, -0.2) is 0 Å². The number of halogens is 1. The van der Waals surface area contributed by atoms with Crippen LogP contribution in [-0.4, -0.2) is 37.4 Å². The van der Waals surface area contributed by atoms with Gasteiger partial charge in [0.05, 0.1) is 7.11 Å². The lowest BCUT2D eigenvalue weighted by molar-refractivity contribution is -0.126. The smallest absolute Gasteiger partial charge is 0.133 e. The van der Waals surface area contributed by atoms with Crippen LogP contribution in [-0.2, 0) is 16.6 Å². The Morgan fingerprint density at radius 3 is 2.95 bits per heavy atom. The van der Waals surface area contributed by atoms with E-state index in [0.717, 1.165) is 44.4 Å². The summed E-state index contributed by atoms with van der Waals surface area (Å²) in [5, 5.41) is 0. The first kappa shape index (κ1) is 15.8. The summed E-state index contributed by atoms with van der Waals surface area (Å²) in [6.45, 7) is 1.09. The minimum atomic E-state index is 0. The number of ether oxygens (including phenoxy) is 1. The third kappa shape index (κ3) is 2.02. The van der Waals surface area contributed by atoms with Crippen LogP contribution < -0.4 is 4.74 Å². The number of nitrogens with zero attached hydrogens (tertiary/aromatic N) is 1. The van der Waals surface area contributed by atoms with Crippen LogP contribution in [0.25, 0.3) is 0 Å². The quantitative estimate of drug-likeness (QED) is 0.796. The largest absolute Gasteiger partial charge is 0.496 e. The molecule has 2 bridgehead atoms. The summed E-state index contributed by atoms with van der Waals surface area (Å²) in [6, 6.07) is 6.99.